The summed E-state index contributed by atoms with van der Waals surface area (Å²) >= 11 is 7.54. The van der Waals surface area contributed by atoms with Gasteiger partial charge in [-0.15, -0.1) is 11.3 Å². The van der Waals surface area contributed by atoms with Gasteiger partial charge in [0.25, 0.3) is 0 Å². The summed E-state index contributed by atoms with van der Waals surface area (Å²) in [5, 5.41) is 14.2. The zero-order valence-corrected chi connectivity index (χ0v) is 22.4. The van der Waals surface area contributed by atoms with Crippen LogP contribution in [0.1, 0.15) is 44.1 Å². The highest BCUT2D eigenvalue weighted by Crippen LogP contribution is 2.33. The molecule has 0 spiro atoms. The molecule has 37 heavy (non-hydrogen) atoms. The van der Waals surface area contributed by atoms with Crippen molar-refractivity contribution >= 4 is 33.9 Å². The molecule has 4 aromatic rings. The average molecular weight is 538 g/mol. The first-order valence-corrected chi connectivity index (χ1v) is 14.2. The lowest BCUT2D eigenvalue weighted by atomic mass is 9.84. The van der Waals surface area contributed by atoms with E-state index in [1.54, 1.807) is 23.5 Å². The Balaban J connectivity index is 1.01. The van der Waals surface area contributed by atoms with Crippen molar-refractivity contribution in [1.29, 1.82) is 0 Å². The quantitative estimate of drug-likeness (QED) is 0.219. The Bertz CT molecular complexity index is 1360. The molecule has 0 atom stereocenters. The Kier molecular flexibility index (Phi) is 8.30. The first kappa shape index (κ1) is 26.0. The molecule has 0 amide bonds. The molecule has 1 aliphatic rings. The molecule has 1 aliphatic heterocycles. The summed E-state index contributed by atoms with van der Waals surface area (Å²) in [5.74, 6) is 1.30. The Labute approximate surface area is 226 Å². The van der Waals surface area contributed by atoms with E-state index in [0.717, 1.165) is 68.6 Å². The summed E-state index contributed by atoms with van der Waals surface area (Å²) in [7, 11) is 0. The van der Waals surface area contributed by atoms with E-state index in [4.69, 9.17) is 20.8 Å². The third-order valence-corrected chi connectivity index (χ3v) is 8.30. The molecule has 0 radical (unpaired) electrons. The molecule has 0 aliphatic carbocycles. The number of nitrogens with zero attached hydrogens (tertiary/aromatic N) is 1. The number of benzene rings is 2. The smallest absolute Gasteiger partial charge is 0.193 e. The van der Waals surface area contributed by atoms with Crippen LogP contribution < -0.4 is 10.2 Å². The van der Waals surface area contributed by atoms with Gasteiger partial charge in [0.1, 0.15) is 17.1 Å². The third kappa shape index (κ3) is 6.44. The Morgan fingerprint density at radius 3 is 2.54 bits per heavy atom. The second kappa shape index (κ2) is 11.8. The topological polar surface area (TPSA) is 62.9 Å². The molecule has 0 saturated carbocycles. The van der Waals surface area contributed by atoms with Crippen molar-refractivity contribution in [3.05, 3.63) is 86.9 Å². The second-order valence-electron chi connectivity index (χ2n) is 9.75. The zero-order chi connectivity index (χ0) is 25.7. The molecule has 5 nitrogen and oxygen atoms in total. The molecule has 194 valence electrons. The van der Waals surface area contributed by atoms with Crippen molar-refractivity contribution in [2.24, 2.45) is 0 Å². The fourth-order valence-electron chi connectivity index (χ4n) is 4.94. The highest BCUT2D eigenvalue weighted by atomic mass is 35.5. The SMILES string of the molecule is O=c1cc(-c2cccs2)oc2ccc(OCCCCCCN3CCC(O)(c4ccc(Cl)cc4)CC3)cc12. The number of halogens is 1. The average Bonchev–Trinajstić information content (AvgIpc) is 3.45. The van der Waals surface area contributed by atoms with Crippen LogP contribution in [-0.4, -0.2) is 36.2 Å². The maximum atomic E-state index is 12.6. The van der Waals surface area contributed by atoms with Crippen LogP contribution >= 0.6 is 22.9 Å². The van der Waals surface area contributed by atoms with Crippen LogP contribution in [0.3, 0.4) is 0 Å². The monoisotopic (exact) mass is 537 g/mol. The summed E-state index contributed by atoms with van der Waals surface area (Å²) in [5.41, 5.74) is 0.744. The van der Waals surface area contributed by atoms with E-state index in [9.17, 15) is 9.90 Å². The van der Waals surface area contributed by atoms with Gasteiger partial charge in [0, 0.05) is 24.2 Å². The lowest BCUT2D eigenvalue weighted by molar-refractivity contribution is -0.0261. The van der Waals surface area contributed by atoms with Crippen molar-refractivity contribution < 1.29 is 14.3 Å². The van der Waals surface area contributed by atoms with E-state index >= 15 is 0 Å². The first-order chi connectivity index (χ1) is 18.0. The molecule has 3 heterocycles. The lowest BCUT2D eigenvalue weighted by Gasteiger charge is -2.38. The number of unbranched alkanes of at least 4 members (excludes halogenated alkanes) is 3. The van der Waals surface area contributed by atoms with E-state index in [-0.39, 0.29) is 5.43 Å². The molecule has 2 aromatic carbocycles. The highest BCUT2D eigenvalue weighted by molar-refractivity contribution is 7.13. The van der Waals surface area contributed by atoms with Crippen LogP contribution in [0.2, 0.25) is 5.02 Å². The number of fused-ring (bicyclic) bond motifs is 1. The molecule has 0 bridgehead atoms. The van der Waals surface area contributed by atoms with Crippen molar-refractivity contribution in [2.45, 2.75) is 44.1 Å². The minimum Gasteiger partial charge on any atom is -0.494 e. The van der Waals surface area contributed by atoms with Crippen molar-refractivity contribution in [3.8, 4) is 16.4 Å². The zero-order valence-electron chi connectivity index (χ0n) is 20.8. The standard InChI is InChI=1S/C30H32ClNO4S/c31-23-9-7-22(8-10-23)30(34)13-16-32(17-14-30)15-3-1-2-4-18-35-24-11-12-27-25(20-24)26(33)21-28(36-27)29-6-5-19-37-29/h5-12,19-21,34H,1-4,13-18H2. The van der Waals surface area contributed by atoms with Gasteiger partial charge in [-0.1, -0.05) is 42.6 Å². The van der Waals surface area contributed by atoms with Crippen LogP contribution in [0, 0.1) is 0 Å². The fraction of sp³-hybridized carbons (Fsp3) is 0.367. The maximum Gasteiger partial charge on any atom is 0.193 e. The predicted molar refractivity (Wildman–Crippen MR) is 151 cm³/mol. The Hall–Kier alpha value is -2.64. The van der Waals surface area contributed by atoms with Crippen molar-refractivity contribution in [1.82, 2.24) is 4.90 Å². The number of aliphatic hydroxyl groups is 1. The van der Waals surface area contributed by atoms with Crippen LogP contribution in [0.4, 0.5) is 0 Å². The highest BCUT2D eigenvalue weighted by Gasteiger charge is 2.33. The van der Waals surface area contributed by atoms with E-state index in [0.29, 0.717) is 34.1 Å². The van der Waals surface area contributed by atoms with Crippen LogP contribution in [-0.2, 0) is 5.60 Å². The number of likely N-dealkylation sites (tertiary alicyclic amines) is 1. The van der Waals surface area contributed by atoms with Gasteiger partial charge >= 0.3 is 0 Å². The molecule has 5 rings (SSSR count). The summed E-state index contributed by atoms with van der Waals surface area (Å²) in [6, 6.07) is 18.5. The minimum absolute atomic E-state index is 0.0561. The Morgan fingerprint density at radius 1 is 1.00 bits per heavy atom. The largest absolute Gasteiger partial charge is 0.494 e. The summed E-state index contributed by atoms with van der Waals surface area (Å²) in [6.45, 7) is 3.51. The van der Waals surface area contributed by atoms with Gasteiger partial charge in [-0.3, -0.25) is 4.79 Å². The van der Waals surface area contributed by atoms with Gasteiger partial charge in [0.2, 0.25) is 0 Å². The van der Waals surface area contributed by atoms with Gasteiger partial charge < -0.3 is 19.2 Å². The summed E-state index contributed by atoms with van der Waals surface area (Å²) in [4.78, 5) is 16.0. The number of hydrogen-bond acceptors (Lipinski definition) is 6. The second-order valence-corrected chi connectivity index (χ2v) is 11.1. The van der Waals surface area contributed by atoms with Crippen LogP contribution in [0.15, 0.2) is 75.3 Å². The maximum absolute atomic E-state index is 12.6. The summed E-state index contributed by atoms with van der Waals surface area (Å²) < 4.78 is 11.8. The van der Waals surface area contributed by atoms with Crippen molar-refractivity contribution in [2.75, 3.05) is 26.2 Å². The van der Waals surface area contributed by atoms with Crippen LogP contribution in [0.25, 0.3) is 21.6 Å². The number of hydrogen-bond donors (Lipinski definition) is 1. The number of rotatable bonds is 10. The minimum atomic E-state index is -0.742. The van der Waals surface area contributed by atoms with Crippen molar-refractivity contribution in [3.63, 3.8) is 0 Å². The fourth-order valence-corrected chi connectivity index (χ4v) is 5.75. The molecule has 1 saturated heterocycles. The van der Waals surface area contributed by atoms with Gasteiger partial charge in [-0.25, -0.2) is 0 Å². The van der Waals surface area contributed by atoms with E-state index in [1.807, 2.05) is 53.9 Å². The van der Waals surface area contributed by atoms with E-state index in [1.165, 1.54) is 0 Å². The molecule has 2 aromatic heterocycles. The van der Waals surface area contributed by atoms with Crippen LogP contribution in [0.5, 0.6) is 5.75 Å². The lowest BCUT2D eigenvalue weighted by Crippen LogP contribution is -2.42. The van der Waals surface area contributed by atoms with Gasteiger partial charge in [-0.05, 0) is 79.6 Å². The third-order valence-electron chi connectivity index (χ3n) is 7.16. The molecule has 1 N–H and O–H groups in total. The number of piperidine rings is 1. The first-order valence-electron chi connectivity index (χ1n) is 13.0. The number of ether oxygens (including phenoxy) is 1. The van der Waals surface area contributed by atoms with Gasteiger partial charge in [0.05, 0.1) is 22.5 Å². The normalized spacial score (nSPS) is 15.7. The Morgan fingerprint density at radius 2 is 1.78 bits per heavy atom. The van der Waals surface area contributed by atoms with Gasteiger partial charge in [0.15, 0.2) is 5.43 Å². The molecule has 1 fully saturated rings. The predicted octanol–water partition coefficient (Wildman–Crippen LogP) is 7.10. The van der Waals surface area contributed by atoms with E-state index < -0.39 is 5.60 Å². The molecule has 7 heteroatoms. The number of thiophene rings is 1. The molecular weight excluding hydrogens is 506 g/mol. The van der Waals surface area contributed by atoms with E-state index in [2.05, 4.69) is 4.90 Å². The molecular formula is C30H32ClNO4S. The van der Waals surface area contributed by atoms with Gasteiger partial charge in [-0.2, -0.15) is 0 Å². The molecule has 0 unspecified atom stereocenters. The summed E-state index contributed by atoms with van der Waals surface area (Å²) in [6.07, 6.45) is 5.86.